The molecule has 1 N–H and O–H groups in total. The highest BCUT2D eigenvalue weighted by atomic mass is 16.2. The first kappa shape index (κ1) is 20.5. The highest BCUT2D eigenvalue weighted by Gasteiger charge is 2.25. The summed E-state index contributed by atoms with van der Waals surface area (Å²) in [5.74, 6) is -0.293. The molecular formula is C22H27N5O2. The maximum absolute atomic E-state index is 13.3. The number of hydrogen-bond donors (Lipinski definition) is 1. The number of fused-ring (bicyclic) bond motifs is 1. The summed E-state index contributed by atoms with van der Waals surface area (Å²) < 4.78 is 1.67. The Morgan fingerprint density at radius 3 is 2.48 bits per heavy atom. The zero-order valence-corrected chi connectivity index (χ0v) is 17.1. The number of imidazole rings is 1. The minimum Gasteiger partial charge on any atom is -0.349 e. The summed E-state index contributed by atoms with van der Waals surface area (Å²) >= 11 is 0. The van der Waals surface area contributed by atoms with Gasteiger partial charge in [0.25, 0.3) is 11.8 Å². The Labute approximate surface area is 171 Å². The quantitative estimate of drug-likeness (QED) is 0.598. The predicted molar refractivity (Wildman–Crippen MR) is 114 cm³/mol. The van der Waals surface area contributed by atoms with E-state index in [1.165, 1.54) is 0 Å². The molecule has 2 heterocycles. The minimum atomic E-state index is -0.285. The Hall–Kier alpha value is -3.19. The van der Waals surface area contributed by atoms with Crippen molar-refractivity contribution in [2.24, 2.45) is 0 Å². The van der Waals surface area contributed by atoms with E-state index in [2.05, 4.69) is 15.2 Å². The van der Waals surface area contributed by atoms with Crippen LogP contribution < -0.4 is 10.2 Å². The fraction of sp³-hybridized carbons (Fsp3) is 0.318. The molecule has 7 nitrogen and oxygen atoms in total. The predicted octanol–water partition coefficient (Wildman–Crippen LogP) is 2.68. The Morgan fingerprint density at radius 2 is 1.79 bits per heavy atom. The van der Waals surface area contributed by atoms with Gasteiger partial charge < -0.3 is 15.1 Å². The molecule has 0 aliphatic rings. The number of carbonyl (C=O) groups excluding carboxylic acids is 2. The fourth-order valence-electron chi connectivity index (χ4n) is 3.21. The van der Waals surface area contributed by atoms with E-state index in [1.54, 1.807) is 15.5 Å². The second kappa shape index (κ2) is 9.34. The van der Waals surface area contributed by atoms with Crippen molar-refractivity contribution >= 4 is 23.0 Å². The number of nitrogens with one attached hydrogen (secondary N) is 1. The lowest BCUT2D eigenvalue weighted by Gasteiger charge is -2.20. The molecule has 0 radical (unpaired) electrons. The van der Waals surface area contributed by atoms with E-state index in [1.807, 2.05) is 69.6 Å². The minimum absolute atomic E-state index is 0.220. The first-order chi connectivity index (χ1) is 14.0. The molecule has 0 atom stereocenters. The van der Waals surface area contributed by atoms with Crippen LogP contribution in [0, 0.1) is 0 Å². The van der Waals surface area contributed by atoms with Crippen molar-refractivity contribution < 1.29 is 9.59 Å². The standard InChI is InChI=1S/C22H27N5O2/c1-4-26(17-11-6-5-7-12-17)22(29)19-18-13-8-9-16-27(18)20(24-19)21(28)23-14-10-15-25(2)3/h5-9,11-13,16H,4,10,14-15H2,1-3H3,(H,23,28). The molecule has 152 valence electrons. The molecule has 29 heavy (non-hydrogen) atoms. The fourth-order valence-corrected chi connectivity index (χ4v) is 3.21. The number of rotatable bonds is 8. The summed E-state index contributed by atoms with van der Waals surface area (Å²) in [7, 11) is 3.99. The van der Waals surface area contributed by atoms with Gasteiger partial charge in [0, 0.05) is 25.0 Å². The van der Waals surface area contributed by atoms with E-state index in [0.29, 0.717) is 18.6 Å². The number of aromatic nitrogens is 2. The van der Waals surface area contributed by atoms with Crippen LogP contribution in [0.3, 0.4) is 0 Å². The number of hydrogen-bond acceptors (Lipinski definition) is 4. The molecule has 2 aromatic heterocycles. The summed E-state index contributed by atoms with van der Waals surface area (Å²) in [5, 5.41) is 2.90. The Morgan fingerprint density at radius 1 is 1.07 bits per heavy atom. The maximum atomic E-state index is 13.3. The Kier molecular flexibility index (Phi) is 6.61. The molecule has 1 aromatic carbocycles. The van der Waals surface area contributed by atoms with Crippen molar-refractivity contribution in [2.45, 2.75) is 13.3 Å². The van der Waals surface area contributed by atoms with E-state index in [0.717, 1.165) is 18.7 Å². The molecule has 0 fully saturated rings. The van der Waals surface area contributed by atoms with Gasteiger partial charge in [-0.1, -0.05) is 24.3 Å². The molecule has 0 saturated carbocycles. The average Bonchev–Trinajstić information content (AvgIpc) is 3.12. The van der Waals surface area contributed by atoms with Crippen LogP contribution in [-0.4, -0.2) is 59.8 Å². The van der Waals surface area contributed by atoms with Crippen LogP contribution in [0.5, 0.6) is 0 Å². The molecule has 0 aliphatic heterocycles. The molecule has 2 amide bonds. The van der Waals surface area contributed by atoms with Gasteiger partial charge >= 0.3 is 0 Å². The number of pyridine rings is 1. The van der Waals surface area contributed by atoms with Crippen molar-refractivity contribution in [3.05, 3.63) is 66.2 Å². The van der Waals surface area contributed by atoms with E-state index < -0.39 is 0 Å². The molecule has 0 spiro atoms. The number of amides is 2. The van der Waals surface area contributed by atoms with Crippen molar-refractivity contribution in [1.29, 1.82) is 0 Å². The van der Waals surface area contributed by atoms with Crippen LogP contribution in [0.2, 0.25) is 0 Å². The van der Waals surface area contributed by atoms with Crippen LogP contribution in [0.4, 0.5) is 5.69 Å². The van der Waals surface area contributed by atoms with Gasteiger partial charge in [0.05, 0.1) is 5.52 Å². The summed E-state index contributed by atoms with van der Waals surface area (Å²) in [6, 6.07) is 14.9. The summed E-state index contributed by atoms with van der Waals surface area (Å²) in [6.07, 6.45) is 2.60. The van der Waals surface area contributed by atoms with Crippen molar-refractivity contribution in [3.63, 3.8) is 0 Å². The van der Waals surface area contributed by atoms with Crippen LogP contribution in [0.25, 0.3) is 5.52 Å². The third-order valence-electron chi connectivity index (χ3n) is 4.65. The van der Waals surface area contributed by atoms with E-state index >= 15 is 0 Å². The number of nitrogens with zero attached hydrogens (tertiary/aromatic N) is 4. The number of para-hydroxylation sites is 1. The maximum Gasteiger partial charge on any atom is 0.287 e. The van der Waals surface area contributed by atoms with Gasteiger partial charge in [-0.25, -0.2) is 4.98 Å². The summed E-state index contributed by atoms with van der Waals surface area (Å²) in [4.78, 5) is 34.2. The molecule has 3 aromatic rings. The number of benzene rings is 1. The van der Waals surface area contributed by atoms with Gasteiger partial charge in [-0.3, -0.25) is 14.0 Å². The van der Waals surface area contributed by atoms with Gasteiger partial charge in [0.1, 0.15) is 0 Å². The lowest BCUT2D eigenvalue weighted by Crippen LogP contribution is -2.31. The van der Waals surface area contributed by atoms with E-state index in [9.17, 15) is 9.59 Å². The second-order valence-electron chi connectivity index (χ2n) is 7.04. The number of anilines is 1. The van der Waals surface area contributed by atoms with Gasteiger partial charge in [-0.05, 0) is 58.3 Å². The second-order valence-corrected chi connectivity index (χ2v) is 7.04. The smallest absolute Gasteiger partial charge is 0.287 e. The van der Waals surface area contributed by atoms with Crippen LogP contribution in [0.15, 0.2) is 54.7 Å². The molecule has 0 bridgehead atoms. The molecular weight excluding hydrogens is 366 g/mol. The highest BCUT2D eigenvalue weighted by molar-refractivity contribution is 6.10. The van der Waals surface area contributed by atoms with Crippen LogP contribution in [0.1, 0.15) is 34.5 Å². The van der Waals surface area contributed by atoms with Crippen molar-refractivity contribution in [1.82, 2.24) is 19.6 Å². The van der Waals surface area contributed by atoms with Gasteiger partial charge in [0.15, 0.2) is 5.69 Å². The Bertz CT molecular complexity index is 981. The third-order valence-corrected chi connectivity index (χ3v) is 4.65. The molecule has 0 saturated heterocycles. The average molecular weight is 393 g/mol. The molecule has 0 aliphatic carbocycles. The highest BCUT2D eigenvalue weighted by Crippen LogP contribution is 2.20. The molecule has 3 rings (SSSR count). The zero-order chi connectivity index (χ0) is 20.8. The monoisotopic (exact) mass is 393 g/mol. The first-order valence-electron chi connectivity index (χ1n) is 9.79. The van der Waals surface area contributed by atoms with Gasteiger partial charge in [-0.2, -0.15) is 0 Å². The SMILES string of the molecule is CCN(C(=O)c1nc(C(=O)NCCCN(C)C)n2ccccc12)c1ccccc1. The largest absolute Gasteiger partial charge is 0.349 e. The van der Waals surface area contributed by atoms with Crippen LogP contribution in [-0.2, 0) is 0 Å². The Balaban J connectivity index is 1.89. The lowest BCUT2D eigenvalue weighted by atomic mass is 10.2. The van der Waals surface area contributed by atoms with Gasteiger partial charge in [0.2, 0.25) is 5.82 Å². The van der Waals surface area contributed by atoms with E-state index in [4.69, 9.17) is 0 Å². The van der Waals surface area contributed by atoms with E-state index in [-0.39, 0.29) is 23.3 Å². The third kappa shape index (κ3) is 4.63. The molecule has 7 heteroatoms. The normalized spacial score (nSPS) is 11.0. The van der Waals surface area contributed by atoms with Crippen molar-refractivity contribution in [2.75, 3.05) is 38.6 Å². The summed E-state index contributed by atoms with van der Waals surface area (Å²) in [5.41, 5.74) is 1.69. The topological polar surface area (TPSA) is 70.0 Å². The first-order valence-corrected chi connectivity index (χ1v) is 9.79. The summed E-state index contributed by atoms with van der Waals surface area (Å²) in [6.45, 7) is 3.85. The van der Waals surface area contributed by atoms with Gasteiger partial charge in [-0.15, -0.1) is 0 Å². The zero-order valence-electron chi connectivity index (χ0n) is 17.1. The molecule has 0 unspecified atom stereocenters. The lowest BCUT2D eigenvalue weighted by molar-refractivity contribution is 0.0941. The van der Waals surface area contributed by atoms with Crippen molar-refractivity contribution in [3.8, 4) is 0 Å². The number of carbonyl (C=O) groups is 2. The van der Waals surface area contributed by atoms with Crippen LogP contribution >= 0.6 is 0 Å².